The van der Waals surface area contributed by atoms with Crippen LogP contribution in [0.4, 0.5) is 11.4 Å². The van der Waals surface area contributed by atoms with E-state index in [1.165, 1.54) is 9.87 Å². The summed E-state index contributed by atoms with van der Waals surface area (Å²) in [6.07, 6.45) is 0.864. The number of hydrogen-bond donors (Lipinski definition) is 1. The zero-order valence-electron chi connectivity index (χ0n) is 19.8. The number of aryl methyl sites for hydroxylation is 1. The van der Waals surface area contributed by atoms with E-state index in [1.54, 1.807) is 24.3 Å². The second kappa shape index (κ2) is 9.08. The van der Waals surface area contributed by atoms with Gasteiger partial charge in [0.2, 0.25) is 15.9 Å². The Morgan fingerprint density at radius 3 is 2.45 bits per heavy atom. The fourth-order valence-corrected chi connectivity index (χ4v) is 6.02. The number of amides is 1. The Morgan fingerprint density at radius 1 is 1.12 bits per heavy atom. The summed E-state index contributed by atoms with van der Waals surface area (Å²) in [7, 11) is -1.41. The van der Waals surface area contributed by atoms with Gasteiger partial charge in [0.25, 0.3) is 0 Å². The molecule has 0 bridgehead atoms. The zero-order chi connectivity index (χ0) is 23.8. The van der Waals surface area contributed by atoms with Crippen LogP contribution in [0.3, 0.4) is 0 Å². The molecule has 1 fully saturated rings. The molecule has 0 aromatic heterocycles. The van der Waals surface area contributed by atoms with Gasteiger partial charge in [-0.3, -0.25) is 4.79 Å². The third-order valence-corrected chi connectivity index (χ3v) is 9.07. The standard InChI is InChI=1S/C25H33N3O4S/c1-18-25(2,3)22-11-8-20(17-23(22)27(18)4)26-24(29)12-7-19-5-9-21(10-6-19)33(30,31)28-13-15-32-16-14-28/h5-6,8-11,17-18H,7,12-16H2,1-4H3,(H,26,29)/t18-/m0/s1. The highest BCUT2D eigenvalue weighted by Gasteiger charge is 2.40. The lowest BCUT2D eigenvalue weighted by atomic mass is 9.81. The summed E-state index contributed by atoms with van der Waals surface area (Å²) in [5, 5.41) is 3.00. The zero-order valence-corrected chi connectivity index (χ0v) is 20.6. The van der Waals surface area contributed by atoms with Crippen molar-refractivity contribution in [1.29, 1.82) is 0 Å². The van der Waals surface area contributed by atoms with E-state index in [1.807, 2.05) is 12.1 Å². The molecule has 1 saturated heterocycles. The molecular weight excluding hydrogens is 438 g/mol. The van der Waals surface area contributed by atoms with E-state index < -0.39 is 10.0 Å². The number of likely N-dealkylation sites (N-methyl/N-ethyl adjacent to an activating group) is 1. The summed E-state index contributed by atoms with van der Waals surface area (Å²) >= 11 is 0. The summed E-state index contributed by atoms with van der Waals surface area (Å²) < 4.78 is 32.2. The van der Waals surface area contributed by atoms with Crippen LogP contribution in [0.2, 0.25) is 0 Å². The monoisotopic (exact) mass is 471 g/mol. The van der Waals surface area contributed by atoms with E-state index in [0.29, 0.717) is 45.2 Å². The number of nitrogens with one attached hydrogen (secondary N) is 1. The van der Waals surface area contributed by atoms with E-state index in [9.17, 15) is 13.2 Å². The maximum Gasteiger partial charge on any atom is 0.243 e. The molecule has 0 aliphatic carbocycles. The normalized spacial score (nSPS) is 20.5. The molecule has 2 aromatic rings. The molecule has 1 N–H and O–H groups in total. The lowest BCUT2D eigenvalue weighted by Crippen LogP contribution is -2.40. The molecule has 2 aliphatic heterocycles. The van der Waals surface area contributed by atoms with E-state index in [2.05, 4.69) is 44.1 Å². The highest BCUT2D eigenvalue weighted by atomic mass is 32.2. The first-order valence-corrected chi connectivity index (χ1v) is 12.9. The fraction of sp³-hybridized carbons (Fsp3) is 0.480. The molecule has 0 radical (unpaired) electrons. The number of carbonyl (C=O) groups is 1. The number of hydrogen-bond acceptors (Lipinski definition) is 5. The fourth-order valence-electron chi connectivity index (χ4n) is 4.61. The van der Waals surface area contributed by atoms with Crippen molar-refractivity contribution in [2.75, 3.05) is 43.6 Å². The number of carbonyl (C=O) groups excluding carboxylic acids is 1. The third kappa shape index (κ3) is 4.65. The Balaban J connectivity index is 1.35. The van der Waals surface area contributed by atoms with Crippen LogP contribution in [-0.4, -0.2) is 58.0 Å². The summed E-state index contributed by atoms with van der Waals surface area (Å²) in [6, 6.07) is 13.3. The van der Waals surface area contributed by atoms with Gasteiger partial charge in [0.05, 0.1) is 18.1 Å². The topological polar surface area (TPSA) is 79.0 Å². The molecule has 8 heteroatoms. The number of benzene rings is 2. The maximum atomic E-state index is 12.7. The number of nitrogens with zero attached hydrogens (tertiary/aromatic N) is 2. The van der Waals surface area contributed by atoms with Crippen LogP contribution < -0.4 is 10.2 Å². The highest BCUT2D eigenvalue weighted by molar-refractivity contribution is 7.89. The molecule has 0 spiro atoms. The molecule has 2 heterocycles. The smallest absolute Gasteiger partial charge is 0.243 e. The summed E-state index contributed by atoms with van der Waals surface area (Å²) in [5.41, 5.74) is 4.23. The van der Waals surface area contributed by atoms with E-state index >= 15 is 0 Å². The SMILES string of the molecule is C[C@@H]1N(C)c2cc(NC(=O)CCc3ccc(S(=O)(=O)N4CCOCC4)cc3)ccc2C1(C)C. The molecule has 2 aromatic carbocycles. The average molecular weight is 472 g/mol. The van der Waals surface area contributed by atoms with Gasteiger partial charge in [-0.05, 0) is 48.7 Å². The molecule has 1 amide bonds. The minimum atomic E-state index is -3.50. The van der Waals surface area contributed by atoms with E-state index in [-0.39, 0.29) is 16.2 Å². The molecule has 2 aliphatic rings. The lowest BCUT2D eigenvalue weighted by Gasteiger charge is -2.28. The van der Waals surface area contributed by atoms with Crippen molar-refractivity contribution in [3.63, 3.8) is 0 Å². The maximum absolute atomic E-state index is 12.7. The van der Waals surface area contributed by atoms with Gasteiger partial charge in [-0.2, -0.15) is 4.31 Å². The predicted molar refractivity (Wildman–Crippen MR) is 130 cm³/mol. The molecule has 33 heavy (non-hydrogen) atoms. The predicted octanol–water partition coefficient (Wildman–Crippen LogP) is 3.39. The first kappa shape index (κ1) is 23.7. The highest BCUT2D eigenvalue weighted by Crippen LogP contribution is 2.45. The van der Waals surface area contributed by atoms with Crippen molar-refractivity contribution in [3.05, 3.63) is 53.6 Å². The molecule has 178 valence electrons. The number of sulfonamides is 1. The molecule has 7 nitrogen and oxygen atoms in total. The van der Waals surface area contributed by atoms with E-state index in [4.69, 9.17) is 4.74 Å². The Bertz CT molecular complexity index is 1120. The van der Waals surface area contributed by atoms with Crippen molar-refractivity contribution >= 4 is 27.3 Å². The Morgan fingerprint density at radius 2 is 1.79 bits per heavy atom. The van der Waals surface area contributed by atoms with Crippen LogP contribution in [0.1, 0.15) is 38.3 Å². The summed E-state index contributed by atoms with van der Waals surface area (Å²) in [4.78, 5) is 15.1. The number of rotatable bonds is 6. The van der Waals surface area contributed by atoms with Crippen molar-refractivity contribution in [3.8, 4) is 0 Å². The van der Waals surface area contributed by atoms with Crippen molar-refractivity contribution in [1.82, 2.24) is 4.31 Å². The minimum Gasteiger partial charge on any atom is -0.379 e. The van der Waals surface area contributed by atoms with Gasteiger partial charge in [-0.25, -0.2) is 8.42 Å². The largest absolute Gasteiger partial charge is 0.379 e. The van der Waals surface area contributed by atoms with Crippen LogP contribution in [0, 0.1) is 0 Å². The van der Waals surface area contributed by atoms with Gasteiger partial charge in [0.15, 0.2) is 0 Å². The first-order valence-electron chi connectivity index (χ1n) is 11.4. The van der Waals surface area contributed by atoms with Gasteiger partial charge >= 0.3 is 0 Å². The molecule has 4 rings (SSSR count). The molecule has 0 saturated carbocycles. The van der Waals surface area contributed by atoms with Gasteiger partial charge in [0.1, 0.15) is 0 Å². The van der Waals surface area contributed by atoms with Crippen LogP contribution in [0.15, 0.2) is 47.4 Å². The van der Waals surface area contributed by atoms with Crippen LogP contribution in [0.5, 0.6) is 0 Å². The Hall–Kier alpha value is -2.42. The Labute approximate surface area is 196 Å². The molecule has 0 unspecified atom stereocenters. The minimum absolute atomic E-state index is 0.0621. The second-order valence-electron chi connectivity index (χ2n) is 9.45. The quantitative estimate of drug-likeness (QED) is 0.699. The van der Waals surface area contributed by atoms with Crippen molar-refractivity contribution in [2.24, 2.45) is 0 Å². The average Bonchev–Trinajstić information content (AvgIpc) is 2.98. The summed E-state index contributed by atoms with van der Waals surface area (Å²) in [6.45, 7) is 8.30. The van der Waals surface area contributed by atoms with Crippen molar-refractivity contribution in [2.45, 2.75) is 50.0 Å². The van der Waals surface area contributed by atoms with Gasteiger partial charge in [-0.15, -0.1) is 0 Å². The van der Waals surface area contributed by atoms with Gasteiger partial charge < -0.3 is 15.0 Å². The first-order chi connectivity index (χ1) is 15.6. The van der Waals surface area contributed by atoms with Crippen LogP contribution >= 0.6 is 0 Å². The number of anilines is 2. The van der Waals surface area contributed by atoms with Gasteiger partial charge in [0, 0.05) is 49.4 Å². The Kier molecular flexibility index (Phi) is 6.53. The lowest BCUT2D eigenvalue weighted by molar-refractivity contribution is -0.116. The molecular formula is C25H33N3O4S. The van der Waals surface area contributed by atoms with Crippen LogP contribution in [-0.2, 0) is 31.4 Å². The van der Waals surface area contributed by atoms with Crippen LogP contribution in [0.25, 0.3) is 0 Å². The molecule has 1 atom stereocenters. The second-order valence-corrected chi connectivity index (χ2v) is 11.4. The number of morpholine rings is 1. The van der Waals surface area contributed by atoms with Crippen molar-refractivity contribution < 1.29 is 17.9 Å². The van der Waals surface area contributed by atoms with Gasteiger partial charge in [-0.1, -0.05) is 32.0 Å². The number of fused-ring (bicyclic) bond motifs is 1. The third-order valence-electron chi connectivity index (χ3n) is 7.15. The number of ether oxygens (including phenoxy) is 1. The summed E-state index contributed by atoms with van der Waals surface area (Å²) in [5.74, 6) is -0.0621. The van der Waals surface area contributed by atoms with E-state index in [0.717, 1.165) is 16.9 Å².